The number of carbonyl (C=O) groups is 3. The third-order valence-corrected chi connectivity index (χ3v) is 7.25. The van der Waals surface area contributed by atoms with Crippen molar-refractivity contribution in [1.82, 2.24) is 10.2 Å². The number of aromatic hydroxyl groups is 2. The molecule has 1 saturated carbocycles. The smallest absolute Gasteiger partial charge is 0.408 e. The highest BCUT2D eigenvalue weighted by Crippen LogP contribution is 2.37. The number of amides is 3. The fourth-order valence-electron chi connectivity index (χ4n) is 4.93. The fraction of sp³-hybridized carbons (Fsp3) is 0.364. The van der Waals surface area contributed by atoms with E-state index in [9.17, 15) is 24.6 Å². The van der Waals surface area contributed by atoms with E-state index >= 15 is 0 Å². The molecule has 42 heavy (non-hydrogen) atoms. The summed E-state index contributed by atoms with van der Waals surface area (Å²) in [7, 11) is 0. The molecule has 4 rings (SSSR count). The normalized spacial score (nSPS) is 14.7. The maximum atomic E-state index is 14.5. The van der Waals surface area contributed by atoms with Gasteiger partial charge in [-0.2, -0.15) is 0 Å². The van der Waals surface area contributed by atoms with Crippen molar-refractivity contribution in [3.05, 3.63) is 89.5 Å². The number of aryl methyl sites for hydroxylation is 1. The number of rotatable bonds is 9. The van der Waals surface area contributed by atoms with Crippen molar-refractivity contribution in [2.45, 2.75) is 77.1 Å². The first kappa shape index (κ1) is 30.4. The summed E-state index contributed by atoms with van der Waals surface area (Å²) in [6.07, 6.45) is 1.55. The van der Waals surface area contributed by atoms with Crippen LogP contribution in [0.2, 0.25) is 0 Å². The second-order valence-corrected chi connectivity index (χ2v) is 11.7. The van der Waals surface area contributed by atoms with Crippen LogP contribution in [0.1, 0.15) is 62.8 Å². The molecule has 4 N–H and O–H groups in total. The molecule has 1 aliphatic rings. The highest BCUT2D eigenvalue weighted by atomic mass is 16.6. The minimum Gasteiger partial charge on any atom is -0.508 e. The summed E-state index contributed by atoms with van der Waals surface area (Å²) in [5, 5.41) is 26.3. The van der Waals surface area contributed by atoms with Crippen LogP contribution in [0.5, 0.6) is 11.5 Å². The van der Waals surface area contributed by atoms with Crippen LogP contribution in [0.25, 0.3) is 0 Å². The summed E-state index contributed by atoms with van der Waals surface area (Å²) < 4.78 is 5.48. The molecular weight excluding hydrogens is 534 g/mol. The zero-order valence-electron chi connectivity index (χ0n) is 24.5. The van der Waals surface area contributed by atoms with E-state index in [4.69, 9.17) is 4.74 Å². The van der Waals surface area contributed by atoms with E-state index in [1.165, 1.54) is 23.1 Å². The van der Waals surface area contributed by atoms with Gasteiger partial charge in [-0.25, -0.2) is 4.79 Å². The Balaban J connectivity index is 1.76. The third-order valence-electron chi connectivity index (χ3n) is 7.25. The molecule has 2 atom stereocenters. The van der Waals surface area contributed by atoms with Crippen LogP contribution in [0.3, 0.4) is 0 Å². The molecule has 2 unspecified atom stereocenters. The van der Waals surface area contributed by atoms with Gasteiger partial charge in [0.1, 0.15) is 29.2 Å². The number of anilines is 1. The predicted molar refractivity (Wildman–Crippen MR) is 160 cm³/mol. The van der Waals surface area contributed by atoms with Crippen LogP contribution in [0, 0.1) is 6.92 Å². The largest absolute Gasteiger partial charge is 0.508 e. The van der Waals surface area contributed by atoms with Crippen LogP contribution < -0.4 is 10.6 Å². The van der Waals surface area contributed by atoms with Gasteiger partial charge in [-0.3, -0.25) is 9.59 Å². The summed E-state index contributed by atoms with van der Waals surface area (Å²) in [5.41, 5.74) is 1.62. The van der Waals surface area contributed by atoms with Crippen molar-refractivity contribution < 1.29 is 29.3 Å². The van der Waals surface area contributed by atoms with Gasteiger partial charge in [0.25, 0.3) is 5.91 Å². The maximum absolute atomic E-state index is 14.5. The number of para-hydroxylation sites is 2. The summed E-state index contributed by atoms with van der Waals surface area (Å²) in [6, 6.07) is 17.6. The number of nitrogens with zero attached hydrogens (tertiary/aromatic N) is 1. The molecule has 1 fully saturated rings. The maximum Gasteiger partial charge on any atom is 0.408 e. The van der Waals surface area contributed by atoms with Gasteiger partial charge < -0.3 is 30.5 Å². The van der Waals surface area contributed by atoms with E-state index in [0.29, 0.717) is 24.1 Å². The summed E-state index contributed by atoms with van der Waals surface area (Å²) in [5.74, 6) is -1.00. The Hall–Kier alpha value is -4.53. The zero-order chi connectivity index (χ0) is 30.4. The van der Waals surface area contributed by atoms with Crippen LogP contribution in [0.15, 0.2) is 72.8 Å². The number of ether oxygens (including phenoxy) is 1. The van der Waals surface area contributed by atoms with Gasteiger partial charge in [-0.1, -0.05) is 48.5 Å². The number of phenols is 2. The van der Waals surface area contributed by atoms with Crippen molar-refractivity contribution in [2.24, 2.45) is 0 Å². The van der Waals surface area contributed by atoms with Crippen LogP contribution in [-0.2, 0) is 20.7 Å². The highest BCUT2D eigenvalue weighted by molar-refractivity contribution is 6.00. The van der Waals surface area contributed by atoms with E-state index in [1.807, 2.05) is 25.1 Å². The number of alkyl carbamates (subject to hydrolysis) is 1. The first-order valence-corrected chi connectivity index (χ1v) is 14.2. The van der Waals surface area contributed by atoms with Crippen LogP contribution >= 0.6 is 0 Å². The Morgan fingerprint density at radius 3 is 2.19 bits per heavy atom. The highest BCUT2D eigenvalue weighted by Gasteiger charge is 2.43. The average Bonchev–Trinajstić information content (AvgIpc) is 2.89. The second-order valence-electron chi connectivity index (χ2n) is 11.7. The van der Waals surface area contributed by atoms with Crippen molar-refractivity contribution in [1.29, 1.82) is 0 Å². The van der Waals surface area contributed by atoms with Gasteiger partial charge in [-0.15, -0.1) is 0 Å². The second kappa shape index (κ2) is 13.0. The lowest BCUT2D eigenvalue weighted by Crippen LogP contribution is -2.57. The topological polar surface area (TPSA) is 128 Å². The molecule has 3 aromatic rings. The zero-order valence-corrected chi connectivity index (χ0v) is 24.5. The molecule has 0 saturated heterocycles. The number of nitrogens with one attached hydrogen (secondary N) is 2. The van der Waals surface area contributed by atoms with Gasteiger partial charge in [-0.05, 0) is 82.3 Å². The van der Waals surface area contributed by atoms with E-state index in [2.05, 4.69) is 10.6 Å². The van der Waals surface area contributed by atoms with Crippen LogP contribution in [0.4, 0.5) is 10.5 Å². The molecule has 3 amide bonds. The molecular formula is C33H39N3O6. The van der Waals surface area contributed by atoms with Crippen molar-refractivity contribution >= 4 is 23.6 Å². The number of carbonyl (C=O) groups excluding carboxylic acids is 3. The van der Waals surface area contributed by atoms with Gasteiger partial charge in [0.15, 0.2) is 0 Å². The lowest BCUT2D eigenvalue weighted by atomic mass is 9.87. The van der Waals surface area contributed by atoms with Crippen molar-refractivity contribution in [2.75, 3.05) is 5.32 Å². The van der Waals surface area contributed by atoms with Crippen molar-refractivity contribution in [3.63, 3.8) is 0 Å². The SMILES string of the molecule is Cc1ccccc1NC(=O)C(c1ccccc1O)N(C(=O)C(Cc1ccc(O)cc1)NC(=O)OC(C)(C)C)C1CCC1. The van der Waals surface area contributed by atoms with Gasteiger partial charge in [0, 0.05) is 23.7 Å². The quantitative estimate of drug-likeness (QED) is 0.264. The Bertz CT molecular complexity index is 1410. The molecule has 0 aromatic heterocycles. The number of hydrogen-bond donors (Lipinski definition) is 4. The molecule has 0 aliphatic heterocycles. The van der Waals surface area contributed by atoms with Crippen LogP contribution in [-0.4, -0.2) is 50.7 Å². The van der Waals surface area contributed by atoms with Gasteiger partial charge >= 0.3 is 6.09 Å². The minimum absolute atomic E-state index is 0.0744. The van der Waals surface area contributed by atoms with E-state index in [1.54, 1.807) is 57.2 Å². The lowest BCUT2D eigenvalue weighted by Gasteiger charge is -2.43. The summed E-state index contributed by atoms with van der Waals surface area (Å²) in [6.45, 7) is 7.06. The average molecular weight is 574 g/mol. The molecule has 3 aromatic carbocycles. The van der Waals surface area contributed by atoms with E-state index < -0.39 is 35.6 Å². The predicted octanol–water partition coefficient (Wildman–Crippen LogP) is 5.60. The molecule has 222 valence electrons. The summed E-state index contributed by atoms with van der Waals surface area (Å²) >= 11 is 0. The summed E-state index contributed by atoms with van der Waals surface area (Å²) in [4.78, 5) is 43.1. The molecule has 0 radical (unpaired) electrons. The Morgan fingerprint density at radius 2 is 1.60 bits per heavy atom. The van der Waals surface area contributed by atoms with Gasteiger partial charge in [0.05, 0.1) is 0 Å². The molecule has 1 aliphatic carbocycles. The molecule has 0 spiro atoms. The molecule has 9 nitrogen and oxygen atoms in total. The Kier molecular flexibility index (Phi) is 9.40. The number of hydrogen-bond acceptors (Lipinski definition) is 6. The minimum atomic E-state index is -1.17. The Morgan fingerprint density at radius 1 is 0.952 bits per heavy atom. The fourth-order valence-corrected chi connectivity index (χ4v) is 4.93. The van der Waals surface area contributed by atoms with Crippen molar-refractivity contribution in [3.8, 4) is 11.5 Å². The van der Waals surface area contributed by atoms with E-state index in [0.717, 1.165) is 12.0 Å². The monoisotopic (exact) mass is 573 g/mol. The molecule has 9 heteroatoms. The molecule has 0 bridgehead atoms. The number of benzene rings is 3. The van der Waals surface area contributed by atoms with E-state index in [-0.39, 0.29) is 29.5 Å². The standard InChI is InChI=1S/C33H39N3O6/c1-21-10-5-7-14-26(21)34-30(39)29(25-13-6-8-15-28(25)38)36(23-11-9-12-23)31(40)27(35-32(41)42-33(2,3)4)20-22-16-18-24(37)19-17-22/h5-8,10,13-19,23,27,29,37-38H,9,11-12,20H2,1-4H3,(H,34,39)(H,35,41). The first-order chi connectivity index (χ1) is 19.9. The lowest BCUT2D eigenvalue weighted by molar-refractivity contribution is -0.145. The number of phenolic OH excluding ortho intramolecular Hbond substituents is 2. The first-order valence-electron chi connectivity index (χ1n) is 14.2. The Labute approximate surface area is 246 Å². The van der Waals surface area contributed by atoms with Gasteiger partial charge in [0.2, 0.25) is 5.91 Å². The molecule has 0 heterocycles. The third kappa shape index (κ3) is 7.60.